The molecule has 0 aliphatic rings. The smallest absolute Gasteiger partial charge is 0.269 e. The Bertz CT molecular complexity index is 62.5. The van der Waals surface area contributed by atoms with Crippen LogP contribution in [0.5, 0.6) is 0 Å². The van der Waals surface area contributed by atoms with E-state index in [1.807, 2.05) is 6.92 Å². The summed E-state index contributed by atoms with van der Waals surface area (Å²) in [6, 6.07) is 0. The predicted molar refractivity (Wildman–Crippen MR) is 28.2 cm³/mol. The van der Waals surface area contributed by atoms with Gasteiger partial charge >= 0.3 is 0 Å². The number of allylic oxidation sites excluding steroid dienone is 1. The summed E-state index contributed by atoms with van der Waals surface area (Å²) in [6.07, 6.45) is 3.06. The van der Waals surface area contributed by atoms with Crippen molar-refractivity contribution in [2.75, 3.05) is 0 Å². The van der Waals surface area contributed by atoms with Crippen LogP contribution in [0.15, 0.2) is 12.0 Å². The molecule has 0 aliphatic heterocycles. The van der Waals surface area contributed by atoms with Crippen LogP contribution in [0.25, 0.3) is 0 Å². The molecule has 0 radical (unpaired) electrons. The quantitative estimate of drug-likeness (QED) is 0.521. The van der Waals surface area contributed by atoms with Gasteiger partial charge in [-0.1, -0.05) is 13.3 Å². The first-order valence-corrected chi connectivity index (χ1v) is 2.35. The minimum atomic E-state index is -0.568. The largest absolute Gasteiger partial charge is 0.481 e. The molecular formula is C5H10O2. The molecule has 0 aromatic carbocycles. The van der Waals surface area contributed by atoms with E-state index in [0.717, 1.165) is 12.8 Å². The summed E-state index contributed by atoms with van der Waals surface area (Å²) in [4.78, 5) is 0. The van der Waals surface area contributed by atoms with E-state index in [2.05, 4.69) is 0 Å². The summed E-state index contributed by atoms with van der Waals surface area (Å²) in [6.45, 7) is 1.97. The Hall–Kier alpha value is -0.660. The zero-order valence-corrected chi connectivity index (χ0v) is 4.39. The number of unbranched alkanes of at least 4 members (excludes halogenated alkanes) is 1. The van der Waals surface area contributed by atoms with Gasteiger partial charge in [0.2, 0.25) is 0 Å². The third-order valence-corrected chi connectivity index (χ3v) is 0.616. The highest BCUT2D eigenvalue weighted by atomic mass is 16.5. The zero-order chi connectivity index (χ0) is 5.70. The minimum Gasteiger partial charge on any atom is -0.481 e. The Morgan fingerprint density at radius 3 is 2.29 bits per heavy atom. The van der Waals surface area contributed by atoms with Crippen molar-refractivity contribution in [3.8, 4) is 0 Å². The maximum atomic E-state index is 8.10. The molecule has 0 heterocycles. The second-order valence-electron chi connectivity index (χ2n) is 1.35. The fourth-order valence-electron chi connectivity index (χ4n) is 0.273. The Labute approximate surface area is 43.1 Å². The molecule has 42 valence electrons. The van der Waals surface area contributed by atoms with Gasteiger partial charge in [0.25, 0.3) is 5.95 Å². The van der Waals surface area contributed by atoms with E-state index in [4.69, 9.17) is 10.2 Å². The van der Waals surface area contributed by atoms with Gasteiger partial charge in [0.1, 0.15) is 0 Å². The maximum Gasteiger partial charge on any atom is 0.269 e. The molecule has 2 N–H and O–H groups in total. The Kier molecular flexibility index (Phi) is 3.19. The summed E-state index contributed by atoms with van der Waals surface area (Å²) < 4.78 is 0. The lowest BCUT2D eigenvalue weighted by atomic mass is 10.3. The third-order valence-electron chi connectivity index (χ3n) is 0.616. The summed E-state index contributed by atoms with van der Waals surface area (Å²) in [5, 5.41) is 16.2. The molecule has 0 aromatic rings. The molecule has 0 fully saturated rings. The Balaban J connectivity index is 3.08. The van der Waals surface area contributed by atoms with E-state index >= 15 is 0 Å². The molecule has 0 spiro atoms. The molecule has 0 amide bonds. The molecule has 0 aromatic heterocycles. The average molecular weight is 102 g/mol. The van der Waals surface area contributed by atoms with Gasteiger partial charge in [-0.2, -0.15) is 0 Å². The standard InChI is InChI=1S/C5H10O2/c1-2-3-4-5(6)7/h4,6-7H,2-3H2,1H3. The first kappa shape index (κ1) is 6.34. The van der Waals surface area contributed by atoms with Gasteiger partial charge in [0, 0.05) is 0 Å². The highest BCUT2D eigenvalue weighted by molar-refractivity contribution is 4.77. The number of aliphatic hydroxyl groups excluding tert-OH is 1. The fraction of sp³-hybridized carbons (Fsp3) is 0.600. The molecule has 2 heteroatoms. The lowest BCUT2D eigenvalue weighted by molar-refractivity contribution is 0.189. The van der Waals surface area contributed by atoms with E-state index in [9.17, 15) is 0 Å². The van der Waals surface area contributed by atoms with Crippen LogP contribution in [0.2, 0.25) is 0 Å². The molecule has 2 nitrogen and oxygen atoms in total. The topological polar surface area (TPSA) is 40.5 Å². The summed E-state index contributed by atoms with van der Waals surface area (Å²) in [7, 11) is 0. The average Bonchev–Trinajstić information content (AvgIpc) is 1.61. The van der Waals surface area contributed by atoms with Gasteiger partial charge in [-0.25, -0.2) is 0 Å². The molecule has 0 bridgehead atoms. The van der Waals surface area contributed by atoms with E-state index in [1.165, 1.54) is 6.08 Å². The highest BCUT2D eigenvalue weighted by Gasteiger charge is 1.78. The number of hydrogen-bond donors (Lipinski definition) is 2. The second kappa shape index (κ2) is 3.53. The van der Waals surface area contributed by atoms with Gasteiger partial charge in [-0.05, 0) is 12.5 Å². The predicted octanol–water partition coefficient (Wildman–Crippen LogP) is 1.74. The minimum absolute atomic E-state index is 0.568. The number of hydrogen-bond acceptors (Lipinski definition) is 2. The molecule has 0 saturated carbocycles. The molecule has 0 aliphatic carbocycles. The number of rotatable bonds is 2. The van der Waals surface area contributed by atoms with Crippen molar-refractivity contribution in [1.82, 2.24) is 0 Å². The maximum absolute atomic E-state index is 8.10. The monoisotopic (exact) mass is 102 g/mol. The van der Waals surface area contributed by atoms with Gasteiger partial charge in [-0.3, -0.25) is 0 Å². The lowest BCUT2D eigenvalue weighted by Crippen LogP contribution is -1.73. The van der Waals surface area contributed by atoms with Crippen molar-refractivity contribution in [1.29, 1.82) is 0 Å². The van der Waals surface area contributed by atoms with Crippen molar-refractivity contribution >= 4 is 0 Å². The highest BCUT2D eigenvalue weighted by Crippen LogP contribution is 1.89. The van der Waals surface area contributed by atoms with Crippen molar-refractivity contribution < 1.29 is 10.2 Å². The lowest BCUT2D eigenvalue weighted by Gasteiger charge is -1.83. The van der Waals surface area contributed by atoms with Crippen LogP contribution in [-0.2, 0) is 0 Å². The van der Waals surface area contributed by atoms with Gasteiger partial charge in [0.15, 0.2) is 0 Å². The van der Waals surface area contributed by atoms with E-state index < -0.39 is 5.95 Å². The van der Waals surface area contributed by atoms with Crippen molar-refractivity contribution in [2.24, 2.45) is 0 Å². The van der Waals surface area contributed by atoms with Crippen LogP contribution in [0, 0.1) is 0 Å². The van der Waals surface area contributed by atoms with Gasteiger partial charge in [0.05, 0.1) is 0 Å². The molecule has 7 heavy (non-hydrogen) atoms. The molecular weight excluding hydrogens is 92.1 g/mol. The summed E-state index contributed by atoms with van der Waals surface area (Å²) in [5.74, 6) is -0.568. The zero-order valence-electron chi connectivity index (χ0n) is 4.39. The van der Waals surface area contributed by atoms with Crippen LogP contribution in [0.3, 0.4) is 0 Å². The molecule has 0 saturated heterocycles. The third kappa shape index (κ3) is 5.34. The van der Waals surface area contributed by atoms with Crippen LogP contribution < -0.4 is 0 Å². The summed E-state index contributed by atoms with van der Waals surface area (Å²) >= 11 is 0. The van der Waals surface area contributed by atoms with Crippen LogP contribution in [0.4, 0.5) is 0 Å². The van der Waals surface area contributed by atoms with Gasteiger partial charge < -0.3 is 10.2 Å². The van der Waals surface area contributed by atoms with E-state index in [0.29, 0.717) is 0 Å². The van der Waals surface area contributed by atoms with E-state index in [1.54, 1.807) is 0 Å². The summed E-state index contributed by atoms with van der Waals surface area (Å²) in [5.41, 5.74) is 0. The normalized spacial score (nSPS) is 8.14. The first-order chi connectivity index (χ1) is 3.27. The first-order valence-electron chi connectivity index (χ1n) is 2.35. The van der Waals surface area contributed by atoms with Gasteiger partial charge in [-0.15, -0.1) is 0 Å². The van der Waals surface area contributed by atoms with Crippen LogP contribution in [-0.4, -0.2) is 10.2 Å². The Morgan fingerprint density at radius 1 is 1.57 bits per heavy atom. The molecule has 0 unspecified atom stereocenters. The molecule has 0 rings (SSSR count). The van der Waals surface area contributed by atoms with Crippen molar-refractivity contribution in [3.05, 3.63) is 12.0 Å². The van der Waals surface area contributed by atoms with Crippen molar-refractivity contribution in [3.63, 3.8) is 0 Å². The number of aliphatic hydroxyl groups is 2. The SMILES string of the molecule is CCCC=C(O)O. The fourth-order valence-corrected chi connectivity index (χ4v) is 0.273. The second-order valence-corrected chi connectivity index (χ2v) is 1.35. The molecule has 0 atom stereocenters. The van der Waals surface area contributed by atoms with Crippen LogP contribution in [0.1, 0.15) is 19.8 Å². The van der Waals surface area contributed by atoms with E-state index in [-0.39, 0.29) is 0 Å². The van der Waals surface area contributed by atoms with Crippen molar-refractivity contribution in [2.45, 2.75) is 19.8 Å². The Morgan fingerprint density at radius 2 is 2.14 bits per heavy atom. The van der Waals surface area contributed by atoms with Crippen LogP contribution >= 0.6 is 0 Å².